The molecule has 0 aliphatic rings. The lowest BCUT2D eigenvalue weighted by atomic mass is 9.88. The van der Waals surface area contributed by atoms with Gasteiger partial charge >= 0.3 is 11.9 Å². The van der Waals surface area contributed by atoms with Crippen LogP contribution in [0.2, 0.25) is 0 Å². The van der Waals surface area contributed by atoms with E-state index in [1.807, 2.05) is 12.1 Å². The molecule has 0 saturated heterocycles. The van der Waals surface area contributed by atoms with Crippen LogP contribution in [0.3, 0.4) is 0 Å². The predicted molar refractivity (Wildman–Crippen MR) is 361 cm³/mol. The highest BCUT2D eigenvalue weighted by Gasteiger charge is 2.19. The van der Waals surface area contributed by atoms with E-state index in [4.69, 9.17) is 72.6 Å². The molecular formula is C75H104O17. The number of ether oxygens (including phenoxy) is 6. The number of benzene rings is 3. The van der Waals surface area contributed by atoms with Crippen LogP contribution < -0.4 is 14.2 Å². The molecular weight excluding hydrogens is 1170 g/mol. The highest BCUT2D eigenvalue weighted by atomic mass is 17.5. The monoisotopic (exact) mass is 1280 g/mol. The molecule has 17 heteroatoms. The second-order valence-corrected chi connectivity index (χ2v) is 21.4. The Labute approximate surface area is 548 Å². The van der Waals surface area contributed by atoms with E-state index < -0.39 is 11.9 Å². The summed E-state index contributed by atoms with van der Waals surface area (Å²) in [6.07, 6.45) is 39.1. The van der Waals surface area contributed by atoms with Gasteiger partial charge in [0.25, 0.3) is 0 Å². The number of hydrogen-bond donors (Lipinski definition) is 0. The van der Waals surface area contributed by atoms with E-state index in [2.05, 4.69) is 112 Å². The SMILES string of the molecule is C=C=COOCCCCCCOc1c(OCCCCCCOOCC=C)ccc(C=Cc2ccc(C=Cc3ccc(COCCCCCOC=C)c(CCCCCCOOC(=O)C=C)c3CCCCCCOOOC=C=C)cc2)c1OCCCCCCOC(=O)C=C. The molecule has 3 aromatic rings. The second-order valence-electron chi connectivity index (χ2n) is 21.4. The van der Waals surface area contributed by atoms with E-state index >= 15 is 0 Å². The fourth-order valence-corrected chi connectivity index (χ4v) is 9.38. The summed E-state index contributed by atoms with van der Waals surface area (Å²) in [7, 11) is 0. The molecule has 3 rings (SSSR count). The van der Waals surface area contributed by atoms with Crippen molar-refractivity contribution in [2.75, 3.05) is 72.7 Å². The maximum Gasteiger partial charge on any atom is 0.365 e. The zero-order valence-corrected chi connectivity index (χ0v) is 54.7. The molecule has 0 heterocycles. The third-order valence-corrected chi connectivity index (χ3v) is 14.2. The molecule has 506 valence electrons. The quantitative estimate of drug-likeness (QED) is 0.00600. The number of esters is 1. The first kappa shape index (κ1) is 78.8. The summed E-state index contributed by atoms with van der Waals surface area (Å²) in [5, 5.41) is 4.70. The first-order valence-electron chi connectivity index (χ1n) is 32.9. The Morgan fingerprint density at radius 1 is 0.424 bits per heavy atom. The second kappa shape index (κ2) is 56.4. The lowest BCUT2D eigenvalue weighted by Crippen LogP contribution is -2.07. The molecule has 0 N–H and O–H groups in total. The Morgan fingerprint density at radius 3 is 1.57 bits per heavy atom. The summed E-state index contributed by atoms with van der Waals surface area (Å²) in [5.41, 5.74) is 13.0. The van der Waals surface area contributed by atoms with Crippen molar-refractivity contribution in [2.24, 2.45) is 0 Å². The Kier molecular flexibility index (Phi) is 48.3. The van der Waals surface area contributed by atoms with E-state index in [9.17, 15) is 9.59 Å². The number of carbonyl (C=O) groups excluding carboxylic acids is 2. The molecule has 0 atom stereocenters. The number of hydrogen-bond acceptors (Lipinski definition) is 17. The molecule has 0 radical (unpaired) electrons. The van der Waals surface area contributed by atoms with Crippen LogP contribution in [-0.2, 0) is 87.4 Å². The highest BCUT2D eigenvalue weighted by molar-refractivity contribution is 5.81. The highest BCUT2D eigenvalue weighted by Crippen LogP contribution is 2.42. The average Bonchev–Trinajstić information content (AvgIpc) is 1.56. The van der Waals surface area contributed by atoms with Crippen LogP contribution in [-0.4, -0.2) is 84.6 Å². The zero-order valence-electron chi connectivity index (χ0n) is 54.7. The molecule has 0 bridgehead atoms. The Hall–Kier alpha value is -7.40. The topological polar surface area (TPSA) is 173 Å². The molecule has 0 aliphatic heterocycles. The first-order chi connectivity index (χ1) is 45.4. The van der Waals surface area contributed by atoms with E-state index in [0.29, 0.717) is 96.5 Å². The normalized spacial score (nSPS) is 11.0. The van der Waals surface area contributed by atoms with Crippen molar-refractivity contribution in [3.63, 3.8) is 0 Å². The van der Waals surface area contributed by atoms with Crippen LogP contribution in [0, 0.1) is 0 Å². The zero-order chi connectivity index (χ0) is 65.8. The Morgan fingerprint density at radius 2 is 0.935 bits per heavy atom. The van der Waals surface area contributed by atoms with Gasteiger partial charge in [-0.1, -0.05) is 150 Å². The molecule has 3 aromatic carbocycles. The van der Waals surface area contributed by atoms with Crippen LogP contribution in [0.25, 0.3) is 24.3 Å². The summed E-state index contributed by atoms with van der Waals surface area (Å²) in [6.45, 7) is 26.8. The van der Waals surface area contributed by atoms with Gasteiger partial charge in [0.2, 0.25) is 5.75 Å². The third-order valence-electron chi connectivity index (χ3n) is 14.2. The van der Waals surface area contributed by atoms with Gasteiger partial charge in [-0.25, -0.2) is 19.4 Å². The minimum Gasteiger partial charge on any atom is -0.502 e. The summed E-state index contributed by atoms with van der Waals surface area (Å²) in [6, 6.07) is 17.0. The molecule has 0 aromatic heterocycles. The molecule has 0 spiro atoms. The Bertz CT molecular complexity index is 2630. The van der Waals surface area contributed by atoms with Crippen molar-refractivity contribution in [3.8, 4) is 17.2 Å². The molecule has 0 aliphatic carbocycles. The lowest BCUT2D eigenvalue weighted by Gasteiger charge is -2.19. The maximum atomic E-state index is 11.6. The van der Waals surface area contributed by atoms with Gasteiger partial charge in [0.05, 0.1) is 72.3 Å². The number of unbranched alkanes of at least 4 members (excludes halogenated alkanes) is 17. The summed E-state index contributed by atoms with van der Waals surface area (Å²) >= 11 is 0. The van der Waals surface area contributed by atoms with Crippen molar-refractivity contribution in [2.45, 2.75) is 167 Å². The van der Waals surface area contributed by atoms with E-state index in [1.165, 1.54) is 47.1 Å². The van der Waals surface area contributed by atoms with Crippen molar-refractivity contribution in [3.05, 3.63) is 175 Å². The number of carbonyl (C=O) groups is 2. The maximum absolute atomic E-state index is 11.6. The van der Waals surface area contributed by atoms with E-state index in [-0.39, 0.29) is 0 Å². The molecule has 0 fully saturated rings. The fraction of sp³-hybridized carbons (Fsp3) is 0.493. The van der Waals surface area contributed by atoms with Gasteiger partial charge in [0.15, 0.2) is 24.0 Å². The molecule has 92 heavy (non-hydrogen) atoms. The van der Waals surface area contributed by atoms with Crippen LogP contribution in [0.5, 0.6) is 17.2 Å². The van der Waals surface area contributed by atoms with Crippen molar-refractivity contribution >= 4 is 36.2 Å². The van der Waals surface area contributed by atoms with Gasteiger partial charge < -0.3 is 38.2 Å². The standard InChI is InChI=1S/C75H104O17/c1-7-50-84-86-59-32-21-19-28-55-80-71-49-48-67(74(82-57-30-18-17-29-56-81-72(76)10-4)75(71)83-58-31-20-22-33-60-87-85-51-8-2)45-43-65-40-38-64(39-41-65)42-44-66-46-47-68(63-79-54-27-23-26-53-78-12-6)70(37-25-13-15-34-61-88-91-73(77)11-5)69(66)36-24-14-16-35-62-90-92-89-52-9-3/h7,10-12,38-49,51-52H,1-6,13-37,50,53-63H2. The van der Waals surface area contributed by atoms with E-state index in [1.54, 1.807) is 6.08 Å². The molecule has 0 saturated carbocycles. The third kappa shape index (κ3) is 39.1. The van der Waals surface area contributed by atoms with Gasteiger partial charge in [-0.3, -0.25) is 4.89 Å². The predicted octanol–water partition coefficient (Wildman–Crippen LogP) is 17.8. The van der Waals surface area contributed by atoms with Crippen LogP contribution in [0.15, 0.2) is 136 Å². The van der Waals surface area contributed by atoms with Gasteiger partial charge in [-0.2, -0.15) is 14.7 Å². The minimum atomic E-state index is -0.602. The molecule has 0 unspecified atom stereocenters. The minimum absolute atomic E-state index is 0.328. The molecule has 0 amide bonds. The fourth-order valence-electron chi connectivity index (χ4n) is 9.38. The first-order valence-corrected chi connectivity index (χ1v) is 32.9. The van der Waals surface area contributed by atoms with Crippen LogP contribution in [0.1, 0.15) is 187 Å². The van der Waals surface area contributed by atoms with Crippen LogP contribution >= 0.6 is 0 Å². The summed E-state index contributed by atoms with van der Waals surface area (Å²) < 4.78 is 36.7. The smallest absolute Gasteiger partial charge is 0.365 e. The number of rotatable bonds is 62. The van der Waals surface area contributed by atoms with Crippen molar-refractivity contribution in [1.29, 1.82) is 0 Å². The molecule has 17 nitrogen and oxygen atoms in total. The van der Waals surface area contributed by atoms with Gasteiger partial charge in [0.1, 0.15) is 6.61 Å². The van der Waals surface area contributed by atoms with Crippen LogP contribution in [0.4, 0.5) is 0 Å². The van der Waals surface area contributed by atoms with Gasteiger partial charge in [-0.05, 0) is 173 Å². The average molecular weight is 1280 g/mol. The van der Waals surface area contributed by atoms with E-state index in [0.717, 1.165) is 183 Å². The largest absolute Gasteiger partial charge is 0.502 e. The van der Waals surface area contributed by atoms with Gasteiger partial charge in [0, 0.05) is 24.3 Å². The summed E-state index contributed by atoms with van der Waals surface area (Å²) in [5.74, 6) is 0.814. The Balaban J connectivity index is 1.93. The van der Waals surface area contributed by atoms with Crippen molar-refractivity contribution < 1.29 is 82.1 Å². The van der Waals surface area contributed by atoms with Gasteiger partial charge in [-0.15, -0.1) is 6.58 Å². The lowest BCUT2D eigenvalue weighted by molar-refractivity contribution is -0.490. The summed E-state index contributed by atoms with van der Waals surface area (Å²) in [4.78, 5) is 63.0. The van der Waals surface area contributed by atoms with Crippen molar-refractivity contribution in [1.82, 2.24) is 0 Å².